The van der Waals surface area contributed by atoms with Crippen molar-refractivity contribution in [2.75, 3.05) is 0 Å². The van der Waals surface area contributed by atoms with E-state index in [1.54, 1.807) is 0 Å². The average molecular weight is 670 g/mol. The van der Waals surface area contributed by atoms with Gasteiger partial charge in [-0.3, -0.25) is 29.0 Å². The van der Waals surface area contributed by atoms with E-state index in [1.165, 1.54) is 0 Å². The van der Waals surface area contributed by atoms with E-state index in [4.69, 9.17) is 5.11 Å². The van der Waals surface area contributed by atoms with Crippen molar-refractivity contribution in [1.29, 1.82) is 0 Å². The van der Waals surface area contributed by atoms with E-state index < -0.39 is 84.0 Å². The zero-order chi connectivity index (χ0) is 30.1. The number of aliphatic carboxylic acids is 5. The minimum absolute atomic E-state index is 0. The average Bonchev–Trinajstić information content (AvgIpc) is 3.31. The fourth-order valence-electron chi connectivity index (χ4n) is 4.09. The first-order chi connectivity index (χ1) is 18.0. The number of imide groups is 2. The SMILES string of the molecule is O=C([O-])CC(O)(CC(=O)[O-])C(=O)[O-].O=C([O-])CCCCCC(C(=O)[O-])(N1C(=O)CCC1=O)N1C(=O)CCC1=O.[Na+].[Na+].[Na+].[Na+].[Na+]. The number of carbonyl (C=O) groups is 9. The van der Waals surface area contributed by atoms with E-state index in [2.05, 4.69) is 0 Å². The molecular formula is C22H23N2Na5O15. The van der Waals surface area contributed by atoms with E-state index in [-0.39, 0.29) is 199 Å². The zero-order valence-corrected chi connectivity index (χ0v) is 35.3. The summed E-state index contributed by atoms with van der Waals surface area (Å²) < 4.78 is 0. The molecule has 2 saturated heterocycles. The van der Waals surface area contributed by atoms with E-state index in [1.807, 2.05) is 0 Å². The summed E-state index contributed by atoms with van der Waals surface area (Å²) in [5.74, 6) is -12.3. The molecule has 17 nitrogen and oxygen atoms in total. The second-order valence-electron chi connectivity index (χ2n) is 8.70. The molecule has 2 heterocycles. The molecular weight excluding hydrogens is 647 g/mol. The smallest absolute Gasteiger partial charge is 0.550 e. The molecule has 0 aliphatic carbocycles. The Balaban J connectivity index is -0.000000245. The molecule has 2 fully saturated rings. The number of carbonyl (C=O) groups excluding carboxylic acids is 9. The third kappa shape index (κ3) is 15.2. The van der Waals surface area contributed by atoms with Gasteiger partial charge in [0.05, 0.1) is 11.9 Å². The molecule has 2 rings (SSSR count). The van der Waals surface area contributed by atoms with Crippen LogP contribution in [-0.2, 0) is 43.2 Å². The maximum atomic E-state index is 12.2. The van der Waals surface area contributed by atoms with Gasteiger partial charge in [-0.15, -0.1) is 0 Å². The number of amides is 4. The number of hydrogen-bond acceptors (Lipinski definition) is 15. The van der Waals surface area contributed by atoms with Gasteiger partial charge in [0.1, 0.15) is 5.60 Å². The van der Waals surface area contributed by atoms with Crippen LogP contribution in [0.4, 0.5) is 0 Å². The largest absolute Gasteiger partial charge is 1.00 e. The van der Waals surface area contributed by atoms with Crippen LogP contribution in [0.25, 0.3) is 0 Å². The van der Waals surface area contributed by atoms with E-state index in [9.17, 15) is 68.7 Å². The van der Waals surface area contributed by atoms with Crippen LogP contribution in [0, 0.1) is 0 Å². The maximum Gasteiger partial charge on any atom is 1.00 e. The Morgan fingerprint density at radius 1 is 0.568 bits per heavy atom. The van der Waals surface area contributed by atoms with Crippen molar-refractivity contribution in [1.82, 2.24) is 9.80 Å². The van der Waals surface area contributed by atoms with Crippen molar-refractivity contribution in [3.05, 3.63) is 0 Å². The molecule has 0 radical (unpaired) electrons. The topological polar surface area (TPSA) is 296 Å². The molecule has 0 atom stereocenters. The number of carboxylic acid groups (broad SMARTS) is 5. The molecule has 0 aromatic heterocycles. The van der Waals surface area contributed by atoms with Gasteiger partial charge in [-0.05, 0) is 25.7 Å². The Morgan fingerprint density at radius 2 is 0.909 bits per heavy atom. The summed E-state index contributed by atoms with van der Waals surface area (Å²) in [6.45, 7) is 0. The number of nitrogens with zero attached hydrogens (tertiary/aromatic N) is 2. The van der Waals surface area contributed by atoms with Crippen molar-refractivity contribution in [2.45, 2.75) is 81.9 Å². The monoisotopic (exact) mass is 670 g/mol. The molecule has 44 heavy (non-hydrogen) atoms. The molecule has 1 N–H and O–H groups in total. The summed E-state index contributed by atoms with van der Waals surface area (Å²) in [4.78, 5) is 102. The summed E-state index contributed by atoms with van der Waals surface area (Å²) >= 11 is 0. The van der Waals surface area contributed by atoms with E-state index in [0.717, 1.165) is 0 Å². The molecule has 0 unspecified atom stereocenters. The van der Waals surface area contributed by atoms with Crippen molar-refractivity contribution >= 4 is 53.5 Å². The minimum atomic E-state index is -2.97. The Bertz CT molecular complexity index is 1000. The quantitative estimate of drug-likeness (QED) is 0.102. The molecule has 22 heteroatoms. The fraction of sp³-hybridized carbons (Fsp3) is 0.591. The summed E-state index contributed by atoms with van der Waals surface area (Å²) in [6.07, 6.45) is -3.71. The second-order valence-corrected chi connectivity index (χ2v) is 8.70. The molecule has 2 aliphatic rings. The number of aliphatic hydroxyl groups is 1. The third-order valence-corrected chi connectivity index (χ3v) is 5.83. The molecule has 0 aromatic carbocycles. The first-order valence-corrected chi connectivity index (χ1v) is 11.5. The zero-order valence-electron chi connectivity index (χ0n) is 25.3. The van der Waals surface area contributed by atoms with Crippen LogP contribution in [0.1, 0.15) is 70.6 Å². The fourth-order valence-corrected chi connectivity index (χ4v) is 4.09. The van der Waals surface area contributed by atoms with Gasteiger partial charge >= 0.3 is 148 Å². The molecule has 0 bridgehead atoms. The van der Waals surface area contributed by atoms with Crippen LogP contribution in [0.15, 0.2) is 0 Å². The van der Waals surface area contributed by atoms with Crippen molar-refractivity contribution in [3.8, 4) is 0 Å². The molecule has 4 amide bonds. The third-order valence-electron chi connectivity index (χ3n) is 5.83. The number of unbranched alkanes of at least 4 members (excludes halogenated alkanes) is 2. The molecule has 216 valence electrons. The van der Waals surface area contributed by atoms with Gasteiger partial charge in [0, 0.05) is 56.4 Å². The number of likely N-dealkylation sites (tertiary alicyclic amines) is 2. The Kier molecular flexibility index (Phi) is 30.3. The maximum absolute atomic E-state index is 12.2. The predicted molar refractivity (Wildman–Crippen MR) is 107 cm³/mol. The Morgan fingerprint density at radius 3 is 1.16 bits per heavy atom. The van der Waals surface area contributed by atoms with Crippen LogP contribution >= 0.6 is 0 Å². The molecule has 2 aliphatic heterocycles. The van der Waals surface area contributed by atoms with Crippen LogP contribution in [0.3, 0.4) is 0 Å². The number of carboxylic acids is 5. The number of hydrogen-bond donors (Lipinski definition) is 1. The van der Waals surface area contributed by atoms with Crippen LogP contribution in [-0.4, -0.2) is 79.6 Å². The number of rotatable bonds is 14. The molecule has 0 saturated carbocycles. The summed E-state index contributed by atoms with van der Waals surface area (Å²) in [5, 5.41) is 61.4. The van der Waals surface area contributed by atoms with Gasteiger partial charge in [0.25, 0.3) is 0 Å². The summed E-state index contributed by atoms with van der Waals surface area (Å²) in [6, 6.07) is 0. The summed E-state index contributed by atoms with van der Waals surface area (Å²) in [7, 11) is 0. The predicted octanol–water partition coefficient (Wildman–Crippen LogP) is -22.8. The van der Waals surface area contributed by atoms with Gasteiger partial charge < -0.3 is 54.6 Å². The van der Waals surface area contributed by atoms with Crippen LogP contribution < -0.4 is 173 Å². The van der Waals surface area contributed by atoms with Gasteiger partial charge in [0.15, 0.2) is 5.66 Å². The normalized spacial score (nSPS) is 13.9. The molecule has 0 aromatic rings. The van der Waals surface area contributed by atoms with Gasteiger partial charge in [0.2, 0.25) is 23.6 Å². The minimum Gasteiger partial charge on any atom is -0.550 e. The van der Waals surface area contributed by atoms with E-state index in [0.29, 0.717) is 9.80 Å². The molecule has 0 spiro atoms. The van der Waals surface area contributed by atoms with Crippen molar-refractivity contribution < 1.29 is 222 Å². The van der Waals surface area contributed by atoms with Gasteiger partial charge in [-0.1, -0.05) is 6.42 Å². The van der Waals surface area contributed by atoms with Crippen LogP contribution in [0.2, 0.25) is 0 Å². The van der Waals surface area contributed by atoms with Crippen LogP contribution in [0.5, 0.6) is 0 Å². The van der Waals surface area contributed by atoms with Gasteiger partial charge in [-0.25, -0.2) is 0 Å². The van der Waals surface area contributed by atoms with Crippen molar-refractivity contribution in [3.63, 3.8) is 0 Å². The van der Waals surface area contributed by atoms with E-state index >= 15 is 0 Å². The Hall–Kier alpha value is 0.590. The second kappa shape index (κ2) is 24.7. The van der Waals surface area contributed by atoms with Gasteiger partial charge in [-0.2, -0.15) is 0 Å². The first-order valence-electron chi connectivity index (χ1n) is 11.5. The van der Waals surface area contributed by atoms with Crippen molar-refractivity contribution in [2.24, 2.45) is 0 Å². The standard InChI is InChI=1S/C16H20N2O8.C6H8O7.5Na/c19-10-5-6-11(20)17(10)16(15(25)26,9-3-1-2-4-14(23)24)18-12(21)7-8-13(18)22;7-3(8)1-6(13,5(11)12)2-4(9)10;;;;;/h1-9H2,(H,23,24)(H,25,26);13H,1-2H2,(H,7,8)(H,9,10)(H,11,12);;;;;/q;;5*+1/p-5. The Labute approximate surface area is 361 Å². The first kappa shape index (κ1) is 54.1. The summed E-state index contributed by atoms with van der Waals surface area (Å²) in [5.41, 5.74) is -5.48.